The van der Waals surface area contributed by atoms with E-state index < -0.39 is 10.4 Å². The molecule has 1 fully saturated rings. The lowest BCUT2D eigenvalue weighted by Crippen LogP contribution is -2.40. The van der Waals surface area contributed by atoms with E-state index in [1.54, 1.807) is 0 Å². The molecular formula is C7H18NO4S+. The molecule has 1 rings (SSSR count). The Morgan fingerprint density at radius 2 is 1.54 bits per heavy atom. The zero-order valence-corrected chi connectivity index (χ0v) is 8.92. The van der Waals surface area contributed by atoms with Crippen molar-refractivity contribution in [3.8, 4) is 0 Å². The standard InChI is InChI=1S/C7H16N.H2O4S/c1-3-8(2)6-4-5-7-8;1-5(2,3)4/h3-7H2,1-2H3;(H2,1,2,3,4)/q+1;. The molecule has 1 saturated heterocycles. The Hall–Kier alpha value is -0.170. The summed E-state index contributed by atoms with van der Waals surface area (Å²) in [7, 11) is -2.31. The molecule has 13 heavy (non-hydrogen) atoms. The van der Waals surface area contributed by atoms with Gasteiger partial charge in [0.15, 0.2) is 0 Å². The fourth-order valence-electron chi connectivity index (χ4n) is 1.42. The van der Waals surface area contributed by atoms with Crippen molar-refractivity contribution in [1.29, 1.82) is 0 Å². The lowest BCUT2D eigenvalue weighted by atomic mass is 10.4. The van der Waals surface area contributed by atoms with Crippen LogP contribution in [0.3, 0.4) is 0 Å². The molecule has 0 radical (unpaired) electrons. The van der Waals surface area contributed by atoms with E-state index in [0.29, 0.717) is 0 Å². The highest BCUT2D eigenvalue weighted by Gasteiger charge is 2.23. The van der Waals surface area contributed by atoms with Gasteiger partial charge in [0.2, 0.25) is 0 Å². The molecular weight excluding hydrogens is 194 g/mol. The van der Waals surface area contributed by atoms with E-state index in [0.717, 1.165) is 0 Å². The quantitative estimate of drug-likeness (QED) is 0.493. The first-order valence-electron chi connectivity index (χ1n) is 4.30. The Balaban J connectivity index is 0.000000252. The molecule has 1 heterocycles. The Morgan fingerprint density at radius 1 is 1.23 bits per heavy atom. The summed E-state index contributed by atoms with van der Waals surface area (Å²) >= 11 is 0. The van der Waals surface area contributed by atoms with E-state index in [2.05, 4.69) is 14.0 Å². The van der Waals surface area contributed by atoms with Crippen LogP contribution in [0.5, 0.6) is 0 Å². The van der Waals surface area contributed by atoms with Crippen LogP contribution in [-0.4, -0.2) is 48.7 Å². The van der Waals surface area contributed by atoms with Crippen LogP contribution in [0.4, 0.5) is 0 Å². The van der Waals surface area contributed by atoms with E-state index in [-0.39, 0.29) is 0 Å². The van der Waals surface area contributed by atoms with E-state index >= 15 is 0 Å². The maximum absolute atomic E-state index is 8.74. The maximum Gasteiger partial charge on any atom is 0.394 e. The predicted octanol–water partition coefficient (Wildman–Crippen LogP) is 0.594. The molecule has 2 N–H and O–H groups in total. The first-order chi connectivity index (χ1) is 5.77. The van der Waals surface area contributed by atoms with Crippen molar-refractivity contribution in [3.05, 3.63) is 0 Å². The molecule has 6 heteroatoms. The molecule has 80 valence electrons. The Labute approximate surface area is 79.5 Å². The summed E-state index contributed by atoms with van der Waals surface area (Å²) in [5.74, 6) is 0. The van der Waals surface area contributed by atoms with Crippen LogP contribution in [0.15, 0.2) is 0 Å². The molecule has 0 amide bonds. The van der Waals surface area contributed by atoms with Crippen LogP contribution in [0.25, 0.3) is 0 Å². The number of hydrogen-bond acceptors (Lipinski definition) is 2. The highest BCUT2D eigenvalue weighted by molar-refractivity contribution is 7.79. The van der Waals surface area contributed by atoms with Gasteiger partial charge in [0.25, 0.3) is 0 Å². The second kappa shape index (κ2) is 4.90. The first-order valence-corrected chi connectivity index (χ1v) is 5.70. The van der Waals surface area contributed by atoms with Crippen LogP contribution >= 0.6 is 0 Å². The predicted molar refractivity (Wildman–Crippen MR) is 49.9 cm³/mol. The lowest BCUT2D eigenvalue weighted by Gasteiger charge is -2.26. The second-order valence-corrected chi connectivity index (χ2v) is 4.43. The van der Waals surface area contributed by atoms with Crippen molar-refractivity contribution in [1.82, 2.24) is 0 Å². The molecule has 0 aromatic heterocycles. The Kier molecular flexibility index (Phi) is 4.83. The van der Waals surface area contributed by atoms with Gasteiger partial charge in [-0.3, -0.25) is 9.11 Å². The Bertz CT molecular complexity index is 223. The molecule has 0 aromatic carbocycles. The summed E-state index contributed by atoms with van der Waals surface area (Å²) in [5, 5.41) is 0. The maximum atomic E-state index is 8.74. The normalized spacial score (nSPS) is 20.6. The average Bonchev–Trinajstić information content (AvgIpc) is 2.34. The third-order valence-corrected chi connectivity index (χ3v) is 2.41. The van der Waals surface area contributed by atoms with Gasteiger partial charge in [-0.1, -0.05) is 0 Å². The minimum atomic E-state index is -4.67. The van der Waals surface area contributed by atoms with Crippen molar-refractivity contribution in [2.75, 3.05) is 26.7 Å². The van der Waals surface area contributed by atoms with E-state index in [4.69, 9.17) is 17.5 Å². The summed E-state index contributed by atoms with van der Waals surface area (Å²) in [6.07, 6.45) is 2.90. The number of hydrogen-bond donors (Lipinski definition) is 2. The topological polar surface area (TPSA) is 74.6 Å². The van der Waals surface area contributed by atoms with Gasteiger partial charge >= 0.3 is 10.4 Å². The van der Waals surface area contributed by atoms with Crippen molar-refractivity contribution in [2.24, 2.45) is 0 Å². The molecule has 5 nitrogen and oxygen atoms in total. The summed E-state index contributed by atoms with van der Waals surface area (Å²) in [4.78, 5) is 0. The second-order valence-electron chi connectivity index (χ2n) is 3.54. The van der Waals surface area contributed by atoms with E-state index in [1.807, 2.05) is 0 Å². The molecule has 0 saturated carbocycles. The minimum absolute atomic E-state index is 1.32. The molecule has 0 aromatic rings. The zero-order valence-electron chi connectivity index (χ0n) is 8.10. The van der Waals surface area contributed by atoms with Crippen LogP contribution in [0, 0.1) is 0 Å². The van der Waals surface area contributed by atoms with Crippen LogP contribution in [0.2, 0.25) is 0 Å². The zero-order chi connectivity index (χ0) is 10.5. The SMILES string of the molecule is CC[N+]1(C)CCCC1.O=S(=O)(O)O. The monoisotopic (exact) mass is 212 g/mol. The van der Waals surface area contributed by atoms with E-state index in [1.165, 1.54) is 37.0 Å². The summed E-state index contributed by atoms with van der Waals surface area (Å²) in [6, 6.07) is 0. The van der Waals surface area contributed by atoms with Crippen LogP contribution in [-0.2, 0) is 10.4 Å². The fourth-order valence-corrected chi connectivity index (χ4v) is 1.42. The molecule has 0 unspecified atom stereocenters. The number of nitrogens with zero attached hydrogens (tertiary/aromatic N) is 1. The van der Waals surface area contributed by atoms with Crippen molar-refractivity contribution in [2.45, 2.75) is 19.8 Å². The molecule has 1 aliphatic rings. The van der Waals surface area contributed by atoms with Gasteiger partial charge in [0, 0.05) is 12.8 Å². The molecule has 0 aliphatic carbocycles. The van der Waals surface area contributed by atoms with Crippen LogP contribution < -0.4 is 0 Å². The van der Waals surface area contributed by atoms with Gasteiger partial charge in [-0.15, -0.1) is 0 Å². The third kappa shape index (κ3) is 8.17. The largest absolute Gasteiger partial charge is 0.394 e. The first kappa shape index (κ1) is 12.8. The fraction of sp³-hybridized carbons (Fsp3) is 1.00. The number of rotatable bonds is 1. The third-order valence-electron chi connectivity index (χ3n) is 2.41. The van der Waals surface area contributed by atoms with Gasteiger partial charge in [0.1, 0.15) is 0 Å². The van der Waals surface area contributed by atoms with Crippen LogP contribution in [0.1, 0.15) is 19.8 Å². The summed E-state index contributed by atoms with van der Waals surface area (Å²) in [5.41, 5.74) is 0. The van der Waals surface area contributed by atoms with Gasteiger partial charge < -0.3 is 4.48 Å². The van der Waals surface area contributed by atoms with E-state index in [9.17, 15) is 0 Å². The smallest absolute Gasteiger partial charge is 0.326 e. The van der Waals surface area contributed by atoms with Gasteiger partial charge in [-0.2, -0.15) is 8.42 Å². The minimum Gasteiger partial charge on any atom is -0.326 e. The highest BCUT2D eigenvalue weighted by Crippen LogP contribution is 2.14. The lowest BCUT2D eigenvalue weighted by molar-refractivity contribution is -0.895. The van der Waals surface area contributed by atoms with Crippen molar-refractivity contribution >= 4 is 10.4 Å². The van der Waals surface area contributed by atoms with Crippen molar-refractivity contribution < 1.29 is 22.0 Å². The molecule has 1 aliphatic heterocycles. The highest BCUT2D eigenvalue weighted by atomic mass is 32.3. The van der Waals surface area contributed by atoms with Gasteiger partial charge in [-0.05, 0) is 6.92 Å². The summed E-state index contributed by atoms with van der Waals surface area (Å²) < 4.78 is 32.9. The molecule has 0 spiro atoms. The Morgan fingerprint density at radius 3 is 1.69 bits per heavy atom. The average molecular weight is 212 g/mol. The molecule has 0 atom stereocenters. The number of quaternary nitrogens is 1. The summed E-state index contributed by atoms with van der Waals surface area (Å²) in [6.45, 7) is 6.43. The van der Waals surface area contributed by atoms with Crippen molar-refractivity contribution in [3.63, 3.8) is 0 Å². The molecule has 0 bridgehead atoms. The van der Waals surface area contributed by atoms with Gasteiger partial charge in [0.05, 0.1) is 26.7 Å². The van der Waals surface area contributed by atoms with Gasteiger partial charge in [-0.25, -0.2) is 0 Å². The number of likely N-dealkylation sites (tertiary alicyclic amines) is 1.